The standard InChI is InChI=1S/C20H22N2O3S/c1-3-24-16-10-5-6-11-17(16)25-14-8-13-19(23)22(2)20-21-15-9-4-7-12-18(15)26-20/h4-7,9-12H,3,8,13-14H2,1-2H3. The summed E-state index contributed by atoms with van der Waals surface area (Å²) < 4.78 is 12.4. The van der Waals surface area contributed by atoms with Gasteiger partial charge < -0.3 is 9.47 Å². The number of hydrogen-bond donors (Lipinski definition) is 0. The summed E-state index contributed by atoms with van der Waals surface area (Å²) in [5.41, 5.74) is 0.919. The fraction of sp³-hybridized carbons (Fsp3) is 0.300. The van der Waals surface area contributed by atoms with Gasteiger partial charge in [0.15, 0.2) is 16.6 Å². The van der Waals surface area contributed by atoms with E-state index in [0.717, 1.165) is 21.1 Å². The van der Waals surface area contributed by atoms with Crippen molar-refractivity contribution in [2.45, 2.75) is 19.8 Å². The van der Waals surface area contributed by atoms with Gasteiger partial charge in [-0.2, -0.15) is 0 Å². The Kier molecular flexibility index (Phi) is 6.07. The molecule has 0 spiro atoms. The highest BCUT2D eigenvalue weighted by atomic mass is 32.1. The molecule has 26 heavy (non-hydrogen) atoms. The number of anilines is 1. The molecule has 0 fully saturated rings. The monoisotopic (exact) mass is 370 g/mol. The summed E-state index contributed by atoms with van der Waals surface area (Å²) in [6, 6.07) is 15.5. The zero-order chi connectivity index (χ0) is 18.4. The summed E-state index contributed by atoms with van der Waals surface area (Å²) in [5, 5.41) is 0.721. The maximum Gasteiger partial charge on any atom is 0.228 e. The lowest BCUT2D eigenvalue weighted by Crippen LogP contribution is -2.26. The van der Waals surface area contributed by atoms with Crippen LogP contribution in [-0.2, 0) is 4.79 Å². The van der Waals surface area contributed by atoms with Crippen LogP contribution < -0.4 is 14.4 Å². The van der Waals surface area contributed by atoms with E-state index < -0.39 is 0 Å². The predicted molar refractivity (Wildman–Crippen MR) is 105 cm³/mol. The third-order valence-corrected chi connectivity index (χ3v) is 5.00. The lowest BCUT2D eigenvalue weighted by molar-refractivity contribution is -0.118. The summed E-state index contributed by atoms with van der Waals surface area (Å²) in [7, 11) is 1.77. The predicted octanol–water partition coefficient (Wildman–Crippen LogP) is 4.52. The van der Waals surface area contributed by atoms with Gasteiger partial charge in [0.25, 0.3) is 0 Å². The second-order valence-electron chi connectivity index (χ2n) is 5.75. The first-order chi connectivity index (χ1) is 12.7. The number of hydrogen-bond acceptors (Lipinski definition) is 5. The largest absolute Gasteiger partial charge is 0.490 e. The number of aromatic nitrogens is 1. The highest BCUT2D eigenvalue weighted by molar-refractivity contribution is 7.22. The van der Waals surface area contributed by atoms with Crippen LogP contribution in [0.4, 0.5) is 5.13 Å². The lowest BCUT2D eigenvalue weighted by Gasteiger charge is -2.14. The molecule has 3 rings (SSSR count). The molecule has 0 aliphatic heterocycles. The maximum atomic E-state index is 12.4. The van der Waals surface area contributed by atoms with E-state index in [9.17, 15) is 4.79 Å². The molecular weight excluding hydrogens is 348 g/mol. The average Bonchev–Trinajstić information content (AvgIpc) is 3.10. The van der Waals surface area contributed by atoms with Gasteiger partial charge >= 0.3 is 0 Å². The number of rotatable bonds is 8. The molecule has 6 heteroatoms. The van der Waals surface area contributed by atoms with Gasteiger partial charge in [-0.05, 0) is 37.6 Å². The Hall–Kier alpha value is -2.60. The minimum Gasteiger partial charge on any atom is -0.490 e. The topological polar surface area (TPSA) is 51.7 Å². The van der Waals surface area contributed by atoms with Gasteiger partial charge in [0, 0.05) is 13.5 Å². The second kappa shape index (κ2) is 8.67. The van der Waals surface area contributed by atoms with E-state index >= 15 is 0 Å². The van der Waals surface area contributed by atoms with Crippen molar-refractivity contribution in [3.8, 4) is 11.5 Å². The Bertz CT molecular complexity index is 845. The molecule has 2 aromatic carbocycles. The molecule has 0 bridgehead atoms. The van der Waals surface area contributed by atoms with E-state index in [-0.39, 0.29) is 5.91 Å². The molecule has 0 aliphatic rings. The van der Waals surface area contributed by atoms with Gasteiger partial charge in [0.2, 0.25) is 5.91 Å². The fourth-order valence-electron chi connectivity index (χ4n) is 2.53. The molecule has 5 nitrogen and oxygen atoms in total. The van der Waals surface area contributed by atoms with Crippen molar-refractivity contribution in [1.82, 2.24) is 4.98 Å². The zero-order valence-corrected chi connectivity index (χ0v) is 15.8. The van der Waals surface area contributed by atoms with Crippen LogP contribution in [0.1, 0.15) is 19.8 Å². The molecule has 1 amide bonds. The first-order valence-corrected chi connectivity index (χ1v) is 9.47. The second-order valence-corrected chi connectivity index (χ2v) is 6.76. The molecular formula is C20H22N2O3S. The van der Waals surface area contributed by atoms with Crippen molar-refractivity contribution in [2.24, 2.45) is 0 Å². The number of nitrogens with zero attached hydrogens (tertiary/aromatic N) is 2. The first-order valence-electron chi connectivity index (χ1n) is 8.65. The summed E-state index contributed by atoms with van der Waals surface area (Å²) in [6.07, 6.45) is 1.04. The Labute approximate surface area is 157 Å². The average molecular weight is 370 g/mol. The summed E-state index contributed by atoms with van der Waals surface area (Å²) in [4.78, 5) is 18.6. The Morgan fingerprint density at radius 3 is 2.50 bits per heavy atom. The molecule has 0 unspecified atom stereocenters. The number of carbonyl (C=O) groups excluding carboxylic acids is 1. The van der Waals surface area contributed by atoms with Crippen molar-refractivity contribution in [3.05, 3.63) is 48.5 Å². The molecule has 0 saturated carbocycles. The molecule has 136 valence electrons. The van der Waals surface area contributed by atoms with Gasteiger partial charge in [-0.1, -0.05) is 35.6 Å². The van der Waals surface area contributed by atoms with Crippen LogP contribution in [0.5, 0.6) is 11.5 Å². The van der Waals surface area contributed by atoms with Gasteiger partial charge in [0.1, 0.15) is 0 Å². The molecule has 0 N–H and O–H groups in total. The van der Waals surface area contributed by atoms with Crippen LogP contribution in [0.3, 0.4) is 0 Å². The highest BCUT2D eigenvalue weighted by Crippen LogP contribution is 2.28. The van der Waals surface area contributed by atoms with Crippen LogP contribution in [0.15, 0.2) is 48.5 Å². The number of fused-ring (bicyclic) bond motifs is 1. The SMILES string of the molecule is CCOc1ccccc1OCCCC(=O)N(C)c1nc2ccccc2s1. The third-order valence-electron chi connectivity index (χ3n) is 3.89. The van der Waals surface area contributed by atoms with Crippen LogP contribution in [0.2, 0.25) is 0 Å². The van der Waals surface area contributed by atoms with E-state index in [1.54, 1.807) is 11.9 Å². The van der Waals surface area contributed by atoms with Gasteiger partial charge in [-0.15, -0.1) is 0 Å². The molecule has 1 aromatic heterocycles. The van der Waals surface area contributed by atoms with E-state index in [1.165, 1.54) is 11.3 Å². The third kappa shape index (κ3) is 4.32. The van der Waals surface area contributed by atoms with E-state index in [4.69, 9.17) is 9.47 Å². The summed E-state index contributed by atoms with van der Waals surface area (Å²) in [6.45, 7) is 2.99. The Balaban J connectivity index is 1.51. The highest BCUT2D eigenvalue weighted by Gasteiger charge is 2.15. The van der Waals surface area contributed by atoms with E-state index in [1.807, 2.05) is 55.5 Å². The number of para-hydroxylation sites is 3. The molecule has 1 heterocycles. The molecule has 0 aliphatic carbocycles. The number of amides is 1. The van der Waals surface area contributed by atoms with Crippen molar-refractivity contribution in [1.29, 1.82) is 0 Å². The smallest absolute Gasteiger partial charge is 0.228 e. The normalized spacial score (nSPS) is 10.7. The zero-order valence-electron chi connectivity index (χ0n) is 15.0. The molecule has 0 atom stereocenters. The first kappa shape index (κ1) is 18.2. The quantitative estimate of drug-likeness (QED) is 0.547. The fourth-order valence-corrected chi connectivity index (χ4v) is 3.47. The minimum absolute atomic E-state index is 0.0331. The number of ether oxygens (including phenoxy) is 2. The van der Waals surface area contributed by atoms with Crippen LogP contribution >= 0.6 is 11.3 Å². The van der Waals surface area contributed by atoms with E-state index in [2.05, 4.69) is 4.98 Å². The van der Waals surface area contributed by atoms with Gasteiger partial charge in [-0.3, -0.25) is 9.69 Å². The molecule has 3 aromatic rings. The van der Waals surface area contributed by atoms with Crippen molar-refractivity contribution in [3.63, 3.8) is 0 Å². The Morgan fingerprint density at radius 2 is 1.77 bits per heavy atom. The Morgan fingerprint density at radius 1 is 1.08 bits per heavy atom. The summed E-state index contributed by atoms with van der Waals surface area (Å²) >= 11 is 1.52. The summed E-state index contributed by atoms with van der Waals surface area (Å²) in [5.74, 6) is 1.47. The minimum atomic E-state index is 0.0331. The molecule has 0 saturated heterocycles. The van der Waals surface area contributed by atoms with Crippen molar-refractivity contribution >= 4 is 32.6 Å². The number of carbonyl (C=O) groups is 1. The van der Waals surface area contributed by atoms with Gasteiger partial charge in [0.05, 0.1) is 23.4 Å². The van der Waals surface area contributed by atoms with Crippen LogP contribution in [-0.4, -0.2) is 31.2 Å². The van der Waals surface area contributed by atoms with E-state index in [0.29, 0.717) is 31.8 Å². The molecule has 0 radical (unpaired) electrons. The maximum absolute atomic E-state index is 12.4. The van der Waals surface area contributed by atoms with Crippen molar-refractivity contribution in [2.75, 3.05) is 25.2 Å². The van der Waals surface area contributed by atoms with Gasteiger partial charge in [-0.25, -0.2) is 4.98 Å². The number of benzene rings is 2. The lowest BCUT2D eigenvalue weighted by atomic mass is 10.3. The van der Waals surface area contributed by atoms with Crippen LogP contribution in [0.25, 0.3) is 10.2 Å². The number of thiazole rings is 1. The van der Waals surface area contributed by atoms with Crippen LogP contribution in [0, 0.1) is 0 Å². The van der Waals surface area contributed by atoms with Crippen molar-refractivity contribution < 1.29 is 14.3 Å².